The Hall–Kier alpha value is -1.04. The van der Waals surface area contributed by atoms with Crippen LogP contribution in [0.4, 0.5) is 0 Å². The topological polar surface area (TPSA) is 52.9 Å². The van der Waals surface area contributed by atoms with Crippen LogP contribution in [0.1, 0.15) is 40.5 Å². The molecule has 0 bridgehead atoms. The second-order valence-electron chi connectivity index (χ2n) is 4.19. The molecular weight excluding hydrogens is 164 g/mol. The van der Waals surface area contributed by atoms with Crippen molar-refractivity contribution in [3.63, 3.8) is 0 Å². The molecule has 0 aromatic rings. The maximum Gasteiger partial charge on any atom is 0.225 e. The summed E-state index contributed by atoms with van der Waals surface area (Å²) in [5.41, 5.74) is -0.372. The minimum absolute atomic E-state index is 0.00303. The van der Waals surface area contributed by atoms with Crippen molar-refractivity contribution in [1.29, 1.82) is 5.26 Å². The average molecular weight is 182 g/mol. The van der Waals surface area contributed by atoms with Crippen LogP contribution in [-0.2, 0) is 4.79 Å². The third-order valence-electron chi connectivity index (χ3n) is 1.85. The van der Waals surface area contributed by atoms with Gasteiger partial charge in [-0.1, -0.05) is 27.7 Å². The number of nitriles is 1. The van der Waals surface area contributed by atoms with Crippen LogP contribution in [0.25, 0.3) is 0 Å². The Balaban J connectivity index is 4.11. The average Bonchev–Trinajstić information content (AvgIpc) is 2.01. The van der Waals surface area contributed by atoms with E-state index < -0.39 is 0 Å². The van der Waals surface area contributed by atoms with Gasteiger partial charge in [0.15, 0.2) is 0 Å². The number of hydrogen-bond acceptors (Lipinski definition) is 2. The zero-order valence-electron chi connectivity index (χ0n) is 8.85. The smallest absolute Gasteiger partial charge is 0.225 e. The van der Waals surface area contributed by atoms with E-state index in [9.17, 15) is 4.79 Å². The van der Waals surface area contributed by atoms with Gasteiger partial charge in [0, 0.05) is 11.5 Å². The molecule has 13 heavy (non-hydrogen) atoms. The van der Waals surface area contributed by atoms with Gasteiger partial charge in [0.2, 0.25) is 5.91 Å². The molecule has 0 aliphatic carbocycles. The van der Waals surface area contributed by atoms with E-state index in [1.807, 2.05) is 27.7 Å². The Morgan fingerprint density at radius 2 is 2.08 bits per heavy atom. The Labute approximate surface area is 80.1 Å². The molecule has 3 heteroatoms. The normalized spacial score (nSPS) is 13.2. The molecule has 0 aromatic carbocycles. The second-order valence-corrected chi connectivity index (χ2v) is 4.19. The third-order valence-corrected chi connectivity index (χ3v) is 1.85. The zero-order chi connectivity index (χ0) is 10.5. The van der Waals surface area contributed by atoms with Gasteiger partial charge in [-0.05, 0) is 6.42 Å². The molecule has 0 aromatic heterocycles. The number of nitrogens with zero attached hydrogens (tertiary/aromatic N) is 1. The van der Waals surface area contributed by atoms with Crippen molar-refractivity contribution >= 4 is 5.91 Å². The van der Waals surface area contributed by atoms with Crippen molar-refractivity contribution in [3.05, 3.63) is 0 Å². The van der Waals surface area contributed by atoms with Crippen LogP contribution in [0.5, 0.6) is 0 Å². The largest absolute Gasteiger partial charge is 0.352 e. The third kappa shape index (κ3) is 4.51. The summed E-state index contributed by atoms with van der Waals surface area (Å²) in [5.74, 6) is 0.00889. The second kappa shape index (κ2) is 4.86. The molecule has 0 saturated carbocycles. The van der Waals surface area contributed by atoms with E-state index in [1.54, 1.807) is 0 Å². The minimum Gasteiger partial charge on any atom is -0.352 e. The number of carbonyl (C=O) groups is 1. The van der Waals surface area contributed by atoms with Crippen LogP contribution in [-0.4, -0.2) is 11.9 Å². The number of nitrogens with one attached hydrogen (secondary N) is 1. The molecule has 0 spiro atoms. The van der Waals surface area contributed by atoms with Gasteiger partial charge in [-0.25, -0.2) is 0 Å². The van der Waals surface area contributed by atoms with Crippen LogP contribution < -0.4 is 5.32 Å². The number of hydrogen-bond donors (Lipinski definition) is 1. The van der Waals surface area contributed by atoms with Crippen LogP contribution in [0.2, 0.25) is 0 Å². The fourth-order valence-corrected chi connectivity index (χ4v) is 0.810. The van der Waals surface area contributed by atoms with Crippen molar-refractivity contribution in [1.82, 2.24) is 5.32 Å². The molecule has 1 N–H and O–H groups in total. The van der Waals surface area contributed by atoms with E-state index in [2.05, 4.69) is 11.4 Å². The van der Waals surface area contributed by atoms with E-state index in [-0.39, 0.29) is 17.4 Å². The molecule has 0 rings (SSSR count). The Kier molecular flexibility index (Phi) is 4.47. The summed E-state index contributed by atoms with van der Waals surface area (Å²) in [6.07, 6.45) is 1.19. The summed E-state index contributed by atoms with van der Waals surface area (Å²) in [4.78, 5) is 11.5. The van der Waals surface area contributed by atoms with E-state index in [0.717, 1.165) is 6.42 Å². The fourth-order valence-electron chi connectivity index (χ4n) is 0.810. The maximum absolute atomic E-state index is 11.5. The fraction of sp³-hybridized carbons (Fsp3) is 0.800. The summed E-state index contributed by atoms with van der Waals surface area (Å²) in [7, 11) is 0. The highest BCUT2D eigenvalue weighted by Crippen LogP contribution is 2.13. The van der Waals surface area contributed by atoms with Gasteiger partial charge < -0.3 is 5.32 Å². The molecule has 1 unspecified atom stereocenters. The molecule has 1 atom stereocenters. The summed E-state index contributed by atoms with van der Waals surface area (Å²) in [6, 6.07) is 2.06. The van der Waals surface area contributed by atoms with E-state index in [4.69, 9.17) is 5.26 Å². The minimum atomic E-state index is -0.372. The zero-order valence-corrected chi connectivity index (χ0v) is 8.85. The van der Waals surface area contributed by atoms with Gasteiger partial charge >= 0.3 is 0 Å². The molecule has 1 amide bonds. The highest BCUT2D eigenvalue weighted by Gasteiger charge is 2.22. The molecule has 3 nitrogen and oxygen atoms in total. The van der Waals surface area contributed by atoms with Gasteiger partial charge in [0.1, 0.15) is 0 Å². The highest BCUT2D eigenvalue weighted by atomic mass is 16.2. The van der Waals surface area contributed by atoms with Gasteiger partial charge in [-0.3, -0.25) is 4.79 Å². The molecule has 0 heterocycles. The van der Waals surface area contributed by atoms with Crippen LogP contribution in [0.3, 0.4) is 0 Å². The Bertz CT molecular complexity index is 210. The lowest BCUT2D eigenvalue weighted by molar-refractivity contribution is -0.129. The summed E-state index contributed by atoms with van der Waals surface area (Å²) >= 11 is 0. The number of carbonyl (C=O) groups excluding carboxylic acids is 1. The Morgan fingerprint density at radius 1 is 1.54 bits per heavy atom. The quantitative estimate of drug-likeness (QED) is 0.724. The van der Waals surface area contributed by atoms with Gasteiger partial charge in [-0.15, -0.1) is 0 Å². The Morgan fingerprint density at radius 3 is 2.38 bits per heavy atom. The molecular formula is C10H18N2O. The predicted octanol–water partition coefficient (Wildman–Crippen LogP) is 1.84. The van der Waals surface area contributed by atoms with Crippen LogP contribution in [0, 0.1) is 16.7 Å². The van der Waals surface area contributed by atoms with E-state index in [1.165, 1.54) is 0 Å². The van der Waals surface area contributed by atoms with Crippen LogP contribution in [0.15, 0.2) is 0 Å². The first kappa shape index (κ1) is 12.0. The van der Waals surface area contributed by atoms with E-state index >= 15 is 0 Å². The first-order chi connectivity index (χ1) is 5.91. The molecule has 0 aliphatic heterocycles. The molecule has 0 radical (unpaired) electrons. The van der Waals surface area contributed by atoms with Crippen molar-refractivity contribution in [2.24, 2.45) is 5.41 Å². The highest BCUT2D eigenvalue weighted by molar-refractivity contribution is 5.81. The lowest BCUT2D eigenvalue weighted by Gasteiger charge is -2.21. The molecule has 0 aliphatic rings. The van der Waals surface area contributed by atoms with Gasteiger partial charge in [-0.2, -0.15) is 5.26 Å². The summed E-state index contributed by atoms with van der Waals surface area (Å²) < 4.78 is 0. The first-order valence-electron chi connectivity index (χ1n) is 4.59. The SMILES string of the molecule is CCC(CC#N)NC(=O)C(C)(C)C. The lowest BCUT2D eigenvalue weighted by Crippen LogP contribution is -2.41. The monoisotopic (exact) mass is 182 g/mol. The summed E-state index contributed by atoms with van der Waals surface area (Å²) in [6.45, 7) is 7.55. The van der Waals surface area contributed by atoms with Crippen molar-refractivity contribution in [2.75, 3.05) is 0 Å². The van der Waals surface area contributed by atoms with Gasteiger partial charge in [0.25, 0.3) is 0 Å². The van der Waals surface area contributed by atoms with E-state index in [0.29, 0.717) is 6.42 Å². The lowest BCUT2D eigenvalue weighted by atomic mass is 9.95. The first-order valence-corrected chi connectivity index (χ1v) is 4.59. The van der Waals surface area contributed by atoms with Crippen molar-refractivity contribution in [3.8, 4) is 6.07 Å². The predicted molar refractivity (Wildman–Crippen MR) is 51.9 cm³/mol. The van der Waals surface area contributed by atoms with Crippen molar-refractivity contribution in [2.45, 2.75) is 46.6 Å². The molecule has 0 saturated heterocycles. The maximum atomic E-state index is 11.5. The van der Waals surface area contributed by atoms with Gasteiger partial charge in [0.05, 0.1) is 12.5 Å². The standard InChI is InChI=1S/C10H18N2O/c1-5-8(6-7-11)12-9(13)10(2,3)4/h8H,5-6H2,1-4H3,(H,12,13). The van der Waals surface area contributed by atoms with Crippen LogP contribution >= 0.6 is 0 Å². The number of rotatable bonds is 3. The molecule has 0 fully saturated rings. The number of amides is 1. The summed E-state index contributed by atoms with van der Waals surface area (Å²) in [5, 5.41) is 11.3. The van der Waals surface area contributed by atoms with Crippen molar-refractivity contribution < 1.29 is 4.79 Å². The molecule has 74 valence electrons.